The Balaban J connectivity index is 0.000000289. The molecule has 6 aromatic carbocycles. The van der Waals surface area contributed by atoms with Crippen molar-refractivity contribution < 1.29 is 33.1 Å². The van der Waals surface area contributed by atoms with Crippen molar-refractivity contribution in [2.24, 2.45) is 0 Å². The van der Waals surface area contributed by atoms with Gasteiger partial charge in [0.15, 0.2) is 5.58 Å². The molecule has 0 amide bonds. The number of imidazole rings is 1. The number of para-hydroxylation sites is 3. The molecule has 5 heterocycles. The van der Waals surface area contributed by atoms with E-state index in [4.69, 9.17) is 22.9 Å². The Morgan fingerprint density at radius 1 is 0.692 bits per heavy atom. The molecular weight excluding hydrogens is 977 g/mol. The maximum atomic E-state index is 8.51. The Hall–Kier alpha value is -6.66. The molecule has 11 rings (SSSR count). The van der Waals surface area contributed by atoms with E-state index < -0.39 is 6.85 Å². The monoisotopic (exact) mass is 1030 g/mol. The second-order valence-electron chi connectivity index (χ2n) is 18.1. The van der Waals surface area contributed by atoms with Crippen LogP contribution in [0.1, 0.15) is 86.7 Å². The molecule has 0 N–H and O–H groups in total. The Morgan fingerprint density at radius 3 is 2.14 bits per heavy atom. The predicted molar refractivity (Wildman–Crippen MR) is 263 cm³/mol. The van der Waals surface area contributed by atoms with Crippen molar-refractivity contribution in [3.05, 3.63) is 180 Å². The van der Waals surface area contributed by atoms with Gasteiger partial charge in [-0.15, -0.1) is 53.6 Å². The fraction of sp³-hybridized carbons (Fsp3) is 0.190. The van der Waals surface area contributed by atoms with E-state index in [1.807, 2.05) is 85.1 Å². The maximum Gasteiger partial charge on any atom is 0.216 e. The van der Waals surface area contributed by atoms with Crippen LogP contribution in [-0.2, 0) is 25.5 Å². The molecule has 0 atom stereocenters. The van der Waals surface area contributed by atoms with Crippen LogP contribution >= 0.6 is 0 Å². The van der Waals surface area contributed by atoms with Gasteiger partial charge in [0.25, 0.3) is 0 Å². The number of aromatic nitrogens is 4. The number of fused-ring (bicyclic) bond motifs is 7. The van der Waals surface area contributed by atoms with Gasteiger partial charge in [0, 0.05) is 46.9 Å². The van der Waals surface area contributed by atoms with Gasteiger partial charge >= 0.3 is 0 Å². The molecule has 6 nitrogen and oxygen atoms in total. The normalized spacial score (nSPS) is 12.7. The van der Waals surface area contributed by atoms with Crippen LogP contribution in [0.25, 0.3) is 94.6 Å². The fourth-order valence-corrected chi connectivity index (χ4v) is 8.67. The Morgan fingerprint density at radius 2 is 1.42 bits per heavy atom. The molecule has 5 aromatic heterocycles. The molecule has 0 saturated heterocycles. The van der Waals surface area contributed by atoms with E-state index in [9.17, 15) is 0 Å². The summed E-state index contributed by atoms with van der Waals surface area (Å²) in [5.74, 6) is 0.971. The van der Waals surface area contributed by atoms with Crippen molar-refractivity contribution in [3.63, 3.8) is 0 Å². The van der Waals surface area contributed by atoms with Gasteiger partial charge in [0.1, 0.15) is 11.1 Å². The first-order valence-electron chi connectivity index (χ1n) is 23.4. The zero-order chi connectivity index (χ0) is 46.8. The van der Waals surface area contributed by atoms with E-state index in [1.165, 1.54) is 16.7 Å². The molecule has 0 unspecified atom stereocenters. The molecule has 0 saturated carbocycles. The van der Waals surface area contributed by atoms with Crippen LogP contribution in [0.5, 0.6) is 0 Å². The largest absolute Gasteiger partial charge is 0.486 e. The van der Waals surface area contributed by atoms with E-state index in [0.29, 0.717) is 50.1 Å². The number of aryl methyl sites for hydroxylation is 1. The van der Waals surface area contributed by atoms with Crippen molar-refractivity contribution in [2.75, 3.05) is 0 Å². The zero-order valence-corrected chi connectivity index (χ0v) is 39.8. The zero-order valence-electron chi connectivity index (χ0n) is 40.4. The summed E-state index contributed by atoms with van der Waals surface area (Å²) in [5.41, 5.74) is 14.3. The van der Waals surface area contributed by atoms with Gasteiger partial charge in [-0.3, -0.25) is 4.98 Å². The third kappa shape index (κ3) is 7.98. The summed E-state index contributed by atoms with van der Waals surface area (Å²) in [7, 11) is 0. The van der Waals surface area contributed by atoms with Crippen molar-refractivity contribution >= 4 is 55.2 Å². The summed E-state index contributed by atoms with van der Waals surface area (Å²) in [6.45, 7) is 13.1. The van der Waals surface area contributed by atoms with Gasteiger partial charge in [-0.05, 0) is 99.3 Å². The summed E-state index contributed by atoms with van der Waals surface area (Å²) < 4.78 is 40.6. The van der Waals surface area contributed by atoms with E-state index in [0.717, 1.165) is 44.5 Å². The number of pyridine rings is 2. The molecule has 65 heavy (non-hydrogen) atoms. The van der Waals surface area contributed by atoms with E-state index >= 15 is 0 Å². The van der Waals surface area contributed by atoms with Gasteiger partial charge in [-0.1, -0.05) is 127 Å². The average molecular weight is 1030 g/mol. The number of benzene rings is 6. The average Bonchev–Trinajstić information content (AvgIpc) is 4.01. The summed E-state index contributed by atoms with van der Waals surface area (Å²) in [4.78, 5) is 14.5. The number of hydrogen-bond acceptors (Lipinski definition) is 5. The van der Waals surface area contributed by atoms with Crippen LogP contribution in [0.2, 0.25) is 0 Å². The number of furan rings is 2. The minimum Gasteiger partial charge on any atom is -0.486 e. The maximum absolute atomic E-state index is 8.51. The second-order valence-corrected chi connectivity index (χ2v) is 18.1. The number of rotatable bonds is 6. The van der Waals surface area contributed by atoms with E-state index in [-0.39, 0.29) is 42.9 Å². The second kappa shape index (κ2) is 17.4. The molecule has 11 aromatic rings. The quantitative estimate of drug-likeness (QED) is 0.155. The van der Waals surface area contributed by atoms with Crippen molar-refractivity contribution in [2.45, 2.75) is 72.6 Å². The van der Waals surface area contributed by atoms with Crippen LogP contribution in [0.15, 0.2) is 155 Å². The molecule has 0 bridgehead atoms. The fourth-order valence-electron chi connectivity index (χ4n) is 8.67. The SMILES string of the molecule is CC(C)(C)c1ccnc(-c2[c-]cccc2)c1.[2H]C([2H])([2H])c1c[c-]c(-c2nc3ccccc3n2-c2c(C(C)C)cc(-c3ccccc3)cc2C(C)C)c2oc3nc4c(cc3c12)oc1ccccc14.[Ir]. The van der Waals surface area contributed by atoms with Crippen LogP contribution in [0.3, 0.4) is 0 Å². The first-order valence-corrected chi connectivity index (χ1v) is 21.9. The van der Waals surface area contributed by atoms with Crippen LogP contribution in [-0.4, -0.2) is 19.5 Å². The molecule has 0 spiro atoms. The first kappa shape index (κ1) is 39.9. The minimum atomic E-state index is -2.43. The molecule has 0 aliphatic carbocycles. The predicted octanol–water partition coefficient (Wildman–Crippen LogP) is 15.8. The summed E-state index contributed by atoms with van der Waals surface area (Å²) in [5, 5.41) is 1.89. The Kier molecular flexibility index (Phi) is 10.7. The van der Waals surface area contributed by atoms with E-state index in [2.05, 4.69) is 125 Å². The van der Waals surface area contributed by atoms with Crippen molar-refractivity contribution in [3.8, 4) is 39.5 Å². The smallest absolute Gasteiger partial charge is 0.216 e. The van der Waals surface area contributed by atoms with E-state index in [1.54, 1.807) is 6.07 Å². The molecular formula is C58H50IrN4O2-2. The van der Waals surface area contributed by atoms with Crippen LogP contribution < -0.4 is 0 Å². The Bertz CT molecular complexity index is 3590. The first-order chi connectivity index (χ1) is 32.2. The third-order valence-corrected chi connectivity index (χ3v) is 12.0. The summed E-state index contributed by atoms with van der Waals surface area (Å²) in [6, 6.07) is 53.0. The number of hydrogen-bond donors (Lipinski definition) is 0. The van der Waals surface area contributed by atoms with Crippen LogP contribution in [0.4, 0.5) is 0 Å². The third-order valence-electron chi connectivity index (χ3n) is 12.0. The topological polar surface area (TPSA) is 69.9 Å². The molecule has 0 aliphatic heterocycles. The molecule has 0 fully saturated rings. The standard InChI is InChI=1S/C43H34N3O2.C15H16N.Ir/c1-24(2)31-21-28(27-13-7-6-8-14-27)22-32(25(3)4)40(31)46-35-17-11-10-16-34(35)44-42(46)30-20-19-26(5)38-33-23-37-39(45-43(33)48-41(30)38)29-15-9-12-18-36(29)47-37;1-15(2,3)13-9-10-16-14(11-13)12-7-5-4-6-8-12;/h6-19,21-25H,1-5H3;4-7,9-11H,1-3H3;/q2*-1;/i5D3;;. The van der Waals surface area contributed by atoms with Gasteiger partial charge in [0.05, 0.1) is 22.4 Å². The molecule has 7 heteroatoms. The summed E-state index contributed by atoms with van der Waals surface area (Å²) in [6.07, 6.45) is 1.87. The number of nitrogens with zero attached hydrogens (tertiary/aromatic N) is 4. The summed E-state index contributed by atoms with van der Waals surface area (Å²) >= 11 is 0. The van der Waals surface area contributed by atoms with Gasteiger partial charge in [0.2, 0.25) is 5.71 Å². The Labute approximate surface area is 398 Å². The van der Waals surface area contributed by atoms with Gasteiger partial charge < -0.3 is 18.4 Å². The molecule has 0 aliphatic rings. The molecule has 1 radical (unpaired) electrons. The van der Waals surface area contributed by atoms with Crippen molar-refractivity contribution in [1.82, 2.24) is 19.5 Å². The molecule has 325 valence electrons. The minimum absolute atomic E-state index is 0. The van der Waals surface area contributed by atoms with Gasteiger partial charge in [-0.2, -0.15) is 0 Å². The van der Waals surface area contributed by atoms with Gasteiger partial charge in [-0.25, -0.2) is 4.98 Å². The van der Waals surface area contributed by atoms with Crippen molar-refractivity contribution in [1.29, 1.82) is 0 Å². The van der Waals surface area contributed by atoms with Crippen LogP contribution in [0, 0.1) is 19.0 Å².